The first-order chi connectivity index (χ1) is 7.45. The maximum Gasteiger partial charge on any atom is 0.412 e. The molecule has 15 heavy (non-hydrogen) atoms. The highest BCUT2D eigenvalue weighted by atomic mass is 28.4. The Morgan fingerprint density at radius 2 is 1.60 bits per heavy atom. The molecular formula is C7H13O4Si4. The van der Waals surface area contributed by atoms with Crippen LogP contribution in [0.3, 0.4) is 0 Å². The van der Waals surface area contributed by atoms with Crippen molar-refractivity contribution >= 4 is 39.3 Å². The molecule has 0 aromatic heterocycles. The second-order valence-corrected chi connectivity index (χ2v) is 8.66. The third kappa shape index (κ3) is 4.61. The quantitative estimate of drug-likeness (QED) is 0.696. The Labute approximate surface area is 100 Å². The zero-order valence-corrected chi connectivity index (χ0v) is 12.5. The smallest absolute Gasteiger partial charge is 0.412 e. The summed E-state index contributed by atoms with van der Waals surface area (Å²) in [7, 11) is -0.841. The summed E-state index contributed by atoms with van der Waals surface area (Å²) in [6.07, 6.45) is 6.84. The predicted octanol–water partition coefficient (Wildman–Crippen LogP) is 0.737. The van der Waals surface area contributed by atoms with Gasteiger partial charge in [0.25, 0.3) is 0 Å². The molecule has 0 bridgehead atoms. The van der Waals surface area contributed by atoms with E-state index < -0.39 is 9.28 Å². The van der Waals surface area contributed by atoms with Gasteiger partial charge in [0.1, 0.15) is 0 Å². The molecule has 1 saturated heterocycles. The third-order valence-electron chi connectivity index (χ3n) is 2.66. The van der Waals surface area contributed by atoms with Gasteiger partial charge in [0.05, 0.1) is 0 Å². The molecule has 0 aromatic carbocycles. The van der Waals surface area contributed by atoms with Crippen LogP contribution in [0, 0.1) is 5.92 Å². The SMILES string of the molecule is C1CCC(C[Si]2O[Si]O[Si]O[Si]O2)CC1. The van der Waals surface area contributed by atoms with Crippen molar-refractivity contribution in [3.05, 3.63) is 0 Å². The van der Waals surface area contributed by atoms with Crippen molar-refractivity contribution in [2.45, 2.75) is 38.1 Å². The standard InChI is InChI=1S/C7H13O4Si4/c1-2-4-7(5-3-1)6-15-10-13-8-12-9-14-11-15/h7H,1-6H2. The Kier molecular flexibility index (Phi) is 5.77. The summed E-state index contributed by atoms with van der Waals surface area (Å²) >= 11 is 0. The predicted molar refractivity (Wildman–Crippen MR) is 58.7 cm³/mol. The van der Waals surface area contributed by atoms with E-state index in [-0.39, 0.29) is 30.0 Å². The van der Waals surface area contributed by atoms with Crippen molar-refractivity contribution in [2.24, 2.45) is 5.92 Å². The summed E-state index contributed by atoms with van der Waals surface area (Å²) in [6, 6.07) is 1.10. The van der Waals surface area contributed by atoms with Crippen molar-refractivity contribution in [1.82, 2.24) is 0 Å². The van der Waals surface area contributed by atoms with Gasteiger partial charge in [-0.05, 0) is 12.0 Å². The lowest BCUT2D eigenvalue weighted by molar-refractivity contribution is 0.307. The fraction of sp³-hybridized carbons (Fsp3) is 1.00. The molecule has 81 valence electrons. The average Bonchev–Trinajstić information content (AvgIpc) is 2.23. The first-order valence-corrected chi connectivity index (χ1v) is 9.18. The first kappa shape index (κ1) is 12.2. The zero-order chi connectivity index (χ0) is 10.3. The molecule has 1 heterocycles. The minimum Gasteiger partial charge on any atom is -0.413 e. The molecule has 1 aliphatic heterocycles. The molecule has 4 nitrogen and oxygen atoms in total. The summed E-state index contributed by atoms with van der Waals surface area (Å²) in [6.45, 7) is 0. The van der Waals surface area contributed by atoms with Crippen LogP contribution >= 0.6 is 0 Å². The minimum absolute atomic E-state index is 0.0787. The summed E-state index contributed by atoms with van der Waals surface area (Å²) in [5.41, 5.74) is 0. The molecule has 0 unspecified atom stereocenters. The van der Waals surface area contributed by atoms with Gasteiger partial charge >= 0.3 is 39.3 Å². The van der Waals surface area contributed by atoms with E-state index in [1.54, 1.807) is 0 Å². The van der Waals surface area contributed by atoms with Gasteiger partial charge in [-0.2, -0.15) is 0 Å². The van der Waals surface area contributed by atoms with E-state index in [1.165, 1.54) is 32.1 Å². The molecule has 0 N–H and O–H groups in total. The summed E-state index contributed by atoms with van der Waals surface area (Å²) in [5, 5.41) is 0. The van der Waals surface area contributed by atoms with E-state index in [2.05, 4.69) is 0 Å². The van der Waals surface area contributed by atoms with Crippen LogP contribution in [0.1, 0.15) is 32.1 Å². The zero-order valence-electron chi connectivity index (χ0n) is 8.45. The molecular weight excluding hydrogens is 260 g/mol. The molecule has 0 atom stereocenters. The minimum atomic E-state index is -1.13. The van der Waals surface area contributed by atoms with E-state index in [4.69, 9.17) is 16.5 Å². The maximum absolute atomic E-state index is 5.60. The molecule has 1 saturated carbocycles. The fourth-order valence-corrected chi connectivity index (χ4v) is 6.65. The Hall–Kier alpha value is 0.708. The Bertz CT molecular complexity index is 170. The van der Waals surface area contributed by atoms with Crippen LogP contribution in [0.15, 0.2) is 0 Å². The largest absolute Gasteiger partial charge is 0.413 e. The van der Waals surface area contributed by atoms with Crippen molar-refractivity contribution in [3.8, 4) is 0 Å². The highest BCUT2D eigenvalue weighted by molar-refractivity contribution is 6.60. The lowest BCUT2D eigenvalue weighted by Crippen LogP contribution is -2.34. The van der Waals surface area contributed by atoms with Crippen LogP contribution in [0.5, 0.6) is 0 Å². The number of hydrogen-bond donors (Lipinski definition) is 0. The van der Waals surface area contributed by atoms with Crippen molar-refractivity contribution in [3.63, 3.8) is 0 Å². The van der Waals surface area contributed by atoms with Gasteiger partial charge < -0.3 is 16.5 Å². The Morgan fingerprint density at radius 1 is 0.933 bits per heavy atom. The van der Waals surface area contributed by atoms with Gasteiger partial charge in [-0.25, -0.2) is 0 Å². The molecule has 0 amide bonds. The fourth-order valence-electron chi connectivity index (χ4n) is 1.92. The van der Waals surface area contributed by atoms with Crippen molar-refractivity contribution in [1.29, 1.82) is 0 Å². The molecule has 2 fully saturated rings. The van der Waals surface area contributed by atoms with E-state index >= 15 is 0 Å². The van der Waals surface area contributed by atoms with Crippen LogP contribution in [-0.2, 0) is 16.5 Å². The maximum atomic E-state index is 5.60. The van der Waals surface area contributed by atoms with Crippen LogP contribution in [-0.4, -0.2) is 39.3 Å². The molecule has 2 aliphatic rings. The van der Waals surface area contributed by atoms with Crippen LogP contribution in [0.2, 0.25) is 6.04 Å². The highest BCUT2D eigenvalue weighted by Gasteiger charge is 2.25. The van der Waals surface area contributed by atoms with Crippen molar-refractivity contribution in [2.75, 3.05) is 0 Å². The van der Waals surface area contributed by atoms with Crippen LogP contribution < -0.4 is 0 Å². The Morgan fingerprint density at radius 3 is 2.27 bits per heavy atom. The van der Waals surface area contributed by atoms with Gasteiger partial charge in [0.15, 0.2) is 0 Å². The van der Waals surface area contributed by atoms with E-state index in [1.807, 2.05) is 0 Å². The number of rotatable bonds is 2. The second kappa shape index (κ2) is 7.12. The van der Waals surface area contributed by atoms with Crippen LogP contribution in [0.25, 0.3) is 0 Å². The summed E-state index contributed by atoms with van der Waals surface area (Å²) < 4.78 is 21.5. The van der Waals surface area contributed by atoms with E-state index in [0.717, 1.165) is 12.0 Å². The lowest BCUT2D eigenvalue weighted by atomic mass is 9.91. The highest BCUT2D eigenvalue weighted by Crippen LogP contribution is 2.28. The Balaban J connectivity index is 1.70. The lowest BCUT2D eigenvalue weighted by Gasteiger charge is -2.25. The van der Waals surface area contributed by atoms with E-state index in [9.17, 15) is 0 Å². The van der Waals surface area contributed by atoms with Gasteiger partial charge in [-0.15, -0.1) is 0 Å². The third-order valence-corrected chi connectivity index (χ3v) is 7.39. The first-order valence-electron chi connectivity index (χ1n) is 5.21. The molecule has 7 radical (unpaired) electrons. The van der Waals surface area contributed by atoms with Gasteiger partial charge in [-0.1, -0.05) is 32.1 Å². The second-order valence-electron chi connectivity index (χ2n) is 3.74. The van der Waals surface area contributed by atoms with Gasteiger partial charge in [0.2, 0.25) is 0 Å². The monoisotopic (exact) mass is 273 g/mol. The topological polar surface area (TPSA) is 36.9 Å². The molecule has 0 spiro atoms. The molecule has 2 rings (SSSR count). The van der Waals surface area contributed by atoms with Crippen molar-refractivity contribution < 1.29 is 16.5 Å². The van der Waals surface area contributed by atoms with Gasteiger partial charge in [-0.3, -0.25) is 0 Å². The molecule has 0 aromatic rings. The summed E-state index contributed by atoms with van der Waals surface area (Å²) in [4.78, 5) is 0. The van der Waals surface area contributed by atoms with Gasteiger partial charge in [0, 0.05) is 0 Å². The van der Waals surface area contributed by atoms with E-state index in [0.29, 0.717) is 0 Å². The summed E-state index contributed by atoms with van der Waals surface area (Å²) in [5.74, 6) is 0.809. The normalized spacial score (nSPS) is 27.2. The molecule has 1 aliphatic carbocycles. The number of hydrogen-bond acceptors (Lipinski definition) is 4. The average molecular weight is 274 g/mol. The molecule has 8 heteroatoms. The van der Waals surface area contributed by atoms with Crippen LogP contribution in [0.4, 0.5) is 0 Å².